The number of rotatable bonds is 2. The minimum absolute atomic E-state index is 0. The molecule has 0 saturated heterocycles. The summed E-state index contributed by atoms with van der Waals surface area (Å²) in [6, 6.07) is 0. The summed E-state index contributed by atoms with van der Waals surface area (Å²) in [6.07, 6.45) is -1.34. The van der Waals surface area contributed by atoms with Gasteiger partial charge in [-0.1, -0.05) is 0 Å². The number of aliphatic hydroxyl groups excluding tert-OH is 1. The van der Waals surface area contributed by atoms with Gasteiger partial charge in [-0.25, -0.2) is 0 Å². The van der Waals surface area contributed by atoms with Crippen LogP contribution in [0.5, 0.6) is 0 Å². The number of hydrogen-bond acceptors (Lipinski definition) is 6. The summed E-state index contributed by atoms with van der Waals surface area (Å²) in [5, 5.41) is 26.5. The first-order chi connectivity index (χ1) is 5.29. The molecule has 0 bridgehead atoms. The Labute approximate surface area is 125 Å². The topological polar surface area (TPSA) is 118 Å². The molecule has 0 aromatic carbocycles. The number of carboxylic acid groups (broad SMARTS) is 2. The molecule has 70 valence electrons. The normalized spacial score (nSPS) is 9.07. The number of ketones is 1. The first kappa shape index (κ1) is 24.0. The van der Waals surface area contributed by atoms with Gasteiger partial charge in [-0.3, -0.25) is 4.79 Å². The maximum atomic E-state index is 9.48. The maximum Gasteiger partial charge on any atom is 1.00 e. The van der Waals surface area contributed by atoms with Crippen molar-refractivity contribution < 1.29 is 88.8 Å². The molecule has 1 unspecified atom stereocenters. The summed E-state index contributed by atoms with van der Waals surface area (Å²) >= 11 is 0. The number of aliphatic carboxylic acids is 2. The standard InChI is InChI=1S/C3H6O3.C3H4O3.2Na/c2*1-2(4)3(5)6;;/h2,4H,1H3,(H,5,6);1H3,(H,5,6);;/q;;2*+1/p-2. The van der Waals surface area contributed by atoms with Crippen LogP contribution in [0.3, 0.4) is 0 Å². The van der Waals surface area contributed by atoms with Gasteiger partial charge >= 0.3 is 59.1 Å². The van der Waals surface area contributed by atoms with Crippen LogP contribution in [0, 0.1) is 0 Å². The third-order valence-electron chi connectivity index (χ3n) is 0.629. The average molecular weight is 222 g/mol. The number of Topliss-reactive ketones (excluding diaryl/α,β-unsaturated/α-hetero) is 1. The number of carbonyl (C=O) groups excluding carboxylic acids is 3. The van der Waals surface area contributed by atoms with E-state index in [0.717, 1.165) is 13.8 Å². The summed E-state index contributed by atoms with van der Waals surface area (Å²) in [7, 11) is 0. The zero-order chi connectivity index (χ0) is 10.3. The second kappa shape index (κ2) is 13.6. The largest absolute Gasteiger partial charge is 1.00 e. The van der Waals surface area contributed by atoms with Gasteiger partial charge in [0.15, 0.2) is 5.78 Å². The van der Waals surface area contributed by atoms with Gasteiger partial charge in [0.05, 0.1) is 12.1 Å². The predicted octanol–water partition coefficient (Wildman–Crippen LogP) is -9.55. The van der Waals surface area contributed by atoms with E-state index in [9.17, 15) is 24.6 Å². The van der Waals surface area contributed by atoms with Crippen LogP contribution in [0.2, 0.25) is 0 Å². The molecule has 0 aliphatic heterocycles. The Kier molecular flexibility index (Phi) is 23.3. The average Bonchev–Trinajstić information content (AvgIpc) is 1.88. The molecule has 8 heteroatoms. The summed E-state index contributed by atoms with van der Waals surface area (Å²) in [6.45, 7) is 2.07. The van der Waals surface area contributed by atoms with E-state index in [2.05, 4.69) is 0 Å². The van der Waals surface area contributed by atoms with E-state index in [1.165, 1.54) is 0 Å². The van der Waals surface area contributed by atoms with Crippen molar-refractivity contribution in [1.82, 2.24) is 0 Å². The molecular weight excluding hydrogens is 214 g/mol. The van der Waals surface area contributed by atoms with Crippen LogP contribution in [-0.2, 0) is 14.4 Å². The van der Waals surface area contributed by atoms with Crippen molar-refractivity contribution in [2.24, 2.45) is 0 Å². The summed E-state index contributed by atoms with van der Waals surface area (Å²) in [5.41, 5.74) is 0. The molecule has 0 spiro atoms. The smallest absolute Gasteiger partial charge is 0.547 e. The van der Waals surface area contributed by atoms with E-state index in [0.29, 0.717) is 0 Å². The van der Waals surface area contributed by atoms with Gasteiger partial charge in [-0.05, 0) is 6.92 Å². The Hall–Kier alpha value is 0.570. The molecule has 14 heavy (non-hydrogen) atoms. The van der Waals surface area contributed by atoms with Crippen molar-refractivity contribution in [3.63, 3.8) is 0 Å². The minimum Gasteiger partial charge on any atom is -0.547 e. The van der Waals surface area contributed by atoms with Crippen molar-refractivity contribution in [1.29, 1.82) is 0 Å². The molecule has 0 aromatic rings. The SMILES string of the molecule is CC(=O)C(=O)[O-].CC(O)C(=O)[O-].[Na+].[Na+]. The van der Waals surface area contributed by atoms with Crippen molar-refractivity contribution in [2.75, 3.05) is 0 Å². The number of carbonyl (C=O) groups is 3. The van der Waals surface area contributed by atoms with Crippen molar-refractivity contribution in [3.05, 3.63) is 0 Å². The van der Waals surface area contributed by atoms with Crippen LogP contribution in [0.25, 0.3) is 0 Å². The molecule has 0 amide bonds. The number of hydrogen-bond donors (Lipinski definition) is 1. The third kappa shape index (κ3) is 22.9. The third-order valence-corrected chi connectivity index (χ3v) is 0.629. The van der Waals surface area contributed by atoms with E-state index < -0.39 is 23.8 Å². The Balaban J connectivity index is -0.0000000625. The first-order valence-electron chi connectivity index (χ1n) is 2.89. The fourth-order valence-electron chi connectivity index (χ4n) is 0. The number of aliphatic hydroxyl groups is 1. The zero-order valence-corrected chi connectivity index (χ0v) is 12.6. The Morgan fingerprint density at radius 3 is 1.29 bits per heavy atom. The van der Waals surface area contributed by atoms with Crippen molar-refractivity contribution in [3.8, 4) is 0 Å². The molecule has 0 heterocycles. The molecule has 6 nitrogen and oxygen atoms in total. The molecule has 0 aliphatic carbocycles. The summed E-state index contributed by atoms with van der Waals surface area (Å²) in [4.78, 5) is 28.1. The molecule has 0 aliphatic rings. The van der Waals surface area contributed by atoms with Crippen LogP contribution in [0.15, 0.2) is 0 Å². The van der Waals surface area contributed by atoms with Gasteiger partial charge in [-0.15, -0.1) is 0 Å². The summed E-state index contributed by atoms with van der Waals surface area (Å²) in [5.74, 6) is -4.00. The molecule has 0 radical (unpaired) electrons. The van der Waals surface area contributed by atoms with E-state index in [1.807, 2.05) is 0 Å². The van der Waals surface area contributed by atoms with Gasteiger partial charge in [-0.2, -0.15) is 0 Å². The minimum atomic E-state index is -1.63. The van der Waals surface area contributed by atoms with E-state index >= 15 is 0 Å². The van der Waals surface area contributed by atoms with Crippen LogP contribution in [0.1, 0.15) is 13.8 Å². The Bertz CT molecular complexity index is 179. The van der Waals surface area contributed by atoms with E-state index in [4.69, 9.17) is 5.11 Å². The van der Waals surface area contributed by atoms with Crippen molar-refractivity contribution in [2.45, 2.75) is 20.0 Å². The monoisotopic (exact) mass is 222 g/mol. The molecule has 0 aromatic heterocycles. The Morgan fingerprint density at radius 1 is 1.14 bits per heavy atom. The van der Waals surface area contributed by atoms with Gasteiger partial charge < -0.3 is 24.9 Å². The second-order valence-corrected chi connectivity index (χ2v) is 1.84. The maximum absolute atomic E-state index is 9.48. The van der Waals surface area contributed by atoms with Gasteiger partial charge in [0.1, 0.15) is 5.97 Å². The predicted molar refractivity (Wildman–Crippen MR) is 32.4 cm³/mol. The molecular formula is C6H8Na2O6. The molecule has 1 atom stereocenters. The summed E-state index contributed by atoms with van der Waals surface area (Å²) < 4.78 is 0. The van der Waals surface area contributed by atoms with Crippen LogP contribution in [-0.4, -0.2) is 28.9 Å². The van der Waals surface area contributed by atoms with Gasteiger partial charge in [0.2, 0.25) is 0 Å². The molecule has 0 rings (SSSR count). The number of carboxylic acids is 2. The van der Waals surface area contributed by atoms with Gasteiger partial charge in [0.25, 0.3) is 0 Å². The fourth-order valence-corrected chi connectivity index (χ4v) is 0. The van der Waals surface area contributed by atoms with E-state index in [1.54, 1.807) is 0 Å². The molecule has 0 saturated carbocycles. The second-order valence-electron chi connectivity index (χ2n) is 1.84. The molecule has 0 fully saturated rings. The van der Waals surface area contributed by atoms with Crippen LogP contribution < -0.4 is 69.3 Å². The van der Waals surface area contributed by atoms with Crippen molar-refractivity contribution >= 4 is 17.7 Å². The van der Waals surface area contributed by atoms with Crippen LogP contribution >= 0.6 is 0 Å². The molecule has 1 N–H and O–H groups in total. The fraction of sp³-hybridized carbons (Fsp3) is 0.500. The Morgan fingerprint density at radius 2 is 1.29 bits per heavy atom. The first-order valence-corrected chi connectivity index (χ1v) is 2.89. The van der Waals surface area contributed by atoms with E-state index in [-0.39, 0.29) is 59.1 Å². The van der Waals surface area contributed by atoms with Crippen LogP contribution in [0.4, 0.5) is 0 Å². The zero-order valence-electron chi connectivity index (χ0n) is 8.57. The quantitative estimate of drug-likeness (QED) is 0.366. The van der Waals surface area contributed by atoms with Gasteiger partial charge in [0, 0.05) is 6.92 Å².